The van der Waals surface area contributed by atoms with E-state index in [0.29, 0.717) is 29.4 Å². The van der Waals surface area contributed by atoms with Gasteiger partial charge in [-0.15, -0.1) is 0 Å². The summed E-state index contributed by atoms with van der Waals surface area (Å²) in [6, 6.07) is 16.3. The summed E-state index contributed by atoms with van der Waals surface area (Å²) >= 11 is 1.53. The standard InChI is InChI=1S/C26H27N5O4S/c1-5-34-22(32)26(15-31-18-11-6-7-12-19(18)36-24(31)29-26)16-9-8-10-17(13-16)27-23(33)28-21-14-20(35-30-21)25(2,3)4/h6-14H,5,15H2,1-4H3,(H2,27,28,30,33). The molecule has 2 aliphatic heterocycles. The van der Waals surface area contributed by atoms with Gasteiger partial charge in [0.1, 0.15) is 5.76 Å². The van der Waals surface area contributed by atoms with E-state index in [1.807, 2.05) is 56.0 Å². The third kappa shape index (κ3) is 4.32. The predicted octanol–water partition coefficient (Wildman–Crippen LogP) is 5.36. The molecule has 3 heterocycles. The molecule has 3 aromatic rings. The van der Waals surface area contributed by atoms with E-state index in [1.165, 1.54) is 11.8 Å². The lowest BCUT2D eigenvalue weighted by Crippen LogP contribution is -2.41. The van der Waals surface area contributed by atoms with Crippen molar-refractivity contribution < 1.29 is 18.8 Å². The fourth-order valence-electron chi connectivity index (χ4n) is 4.14. The Morgan fingerprint density at radius 2 is 1.94 bits per heavy atom. The average Bonchev–Trinajstić information content (AvgIpc) is 3.53. The Hall–Kier alpha value is -3.79. The van der Waals surface area contributed by atoms with Crippen molar-refractivity contribution in [3.8, 4) is 0 Å². The highest BCUT2D eigenvalue weighted by Crippen LogP contribution is 2.48. The van der Waals surface area contributed by atoms with Crippen molar-refractivity contribution in [2.45, 2.75) is 43.5 Å². The van der Waals surface area contributed by atoms with E-state index in [9.17, 15) is 9.59 Å². The first-order valence-corrected chi connectivity index (χ1v) is 12.5. The zero-order chi connectivity index (χ0) is 25.5. The average molecular weight is 506 g/mol. The van der Waals surface area contributed by atoms with Crippen molar-refractivity contribution in [1.29, 1.82) is 0 Å². The monoisotopic (exact) mass is 505 g/mol. The molecule has 186 valence electrons. The second kappa shape index (κ2) is 9.02. The number of ether oxygens (including phenoxy) is 1. The highest BCUT2D eigenvalue weighted by molar-refractivity contribution is 8.14. The Bertz CT molecular complexity index is 1360. The molecular formula is C26H27N5O4S. The number of nitrogens with one attached hydrogen (secondary N) is 2. The van der Waals surface area contributed by atoms with E-state index in [-0.39, 0.29) is 12.0 Å². The molecule has 0 radical (unpaired) electrons. The first kappa shape index (κ1) is 23.9. The minimum atomic E-state index is -1.24. The molecule has 0 bridgehead atoms. The lowest BCUT2D eigenvalue weighted by molar-refractivity contribution is -0.149. The van der Waals surface area contributed by atoms with Gasteiger partial charge in [0, 0.05) is 22.1 Å². The van der Waals surface area contributed by atoms with E-state index >= 15 is 0 Å². The SMILES string of the molecule is CCOC(=O)C1(c2cccc(NC(=O)Nc3cc(C(C)(C)C)on3)c2)CN2C(=N1)Sc1ccccc12. The number of anilines is 3. The van der Waals surface area contributed by atoms with Crippen LogP contribution in [-0.4, -0.2) is 35.5 Å². The number of fused-ring (bicyclic) bond motifs is 3. The number of benzene rings is 2. The van der Waals surface area contributed by atoms with E-state index < -0.39 is 17.5 Å². The number of hydrogen-bond donors (Lipinski definition) is 2. The number of urea groups is 1. The Morgan fingerprint density at radius 1 is 1.14 bits per heavy atom. The van der Waals surface area contributed by atoms with E-state index in [1.54, 1.807) is 31.2 Å². The highest BCUT2D eigenvalue weighted by Gasteiger charge is 2.51. The first-order valence-electron chi connectivity index (χ1n) is 11.7. The van der Waals surface area contributed by atoms with Gasteiger partial charge in [-0.3, -0.25) is 5.32 Å². The summed E-state index contributed by atoms with van der Waals surface area (Å²) < 4.78 is 10.8. The molecule has 0 aliphatic carbocycles. The van der Waals surface area contributed by atoms with Crippen LogP contribution in [0.15, 0.2) is 69.0 Å². The Morgan fingerprint density at radius 3 is 2.69 bits per heavy atom. The molecule has 0 saturated heterocycles. The summed E-state index contributed by atoms with van der Waals surface area (Å²) in [4.78, 5) is 34.0. The third-order valence-electron chi connectivity index (χ3n) is 5.96. The third-order valence-corrected chi connectivity index (χ3v) is 7.02. The molecule has 2 amide bonds. The van der Waals surface area contributed by atoms with Gasteiger partial charge in [-0.05, 0) is 48.5 Å². The molecule has 0 spiro atoms. The van der Waals surface area contributed by atoms with Gasteiger partial charge < -0.3 is 19.5 Å². The number of esters is 1. The van der Waals surface area contributed by atoms with Crippen LogP contribution in [0.3, 0.4) is 0 Å². The van der Waals surface area contributed by atoms with Gasteiger partial charge in [0.15, 0.2) is 11.0 Å². The lowest BCUT2D eigenvalue weighted by atomic mass is 9.90. The van der Waals surface area contributed by atoms with Crippen LogP contribution >= 0.6 is 11.8 Å². The maximum atomic E-state index is 13.3. The van der Waals surface area contributed by atoms with Gasteiger partial charge in [-0.25, -0.2) is 14.6 Å². The molecule has 10 heteroatoms. The Kier molecular flexibility index (Phi) is 5.99. The molecule has 2 aromatic carbocycles. The molecule has 1 aromatic heterocycles. The normalized spacial score (nSPS) is 18.3. The van der Waals surface area contributed by atoms with Gasteiger partial charge in [0.25, 0.3) is 0 Å². The van der Waals surface area contributed by atoms with Crippen LogP contribution in [0.1, 0.15) is 39.0 Å². The van der Waals surface area contributed by atoms with Crippen LogP contribution < -0.4 is 15.5 Å². The minimum Gasteiger partial charge on any atom is -0.464 e. The van der Waals surface area contributed by atoms with E-state index in [2.05, 4.69) is 15.8 Å². The topological polar surface area (TPSA) is 109 Å². The van der Waals surface area contributed by atoms with Crippen LogP contribution in [-0.2, 0) is 20.5 Å². The Labute approximate surface area is 213 Å². The largest absolute Gasteiger partial charge is 0.464 e. The lowest BCUT2D eigenvalue weighted by Gasteiger charge is -2.26. The molecule has 9 nitrogen and oxygen atoms in total. The molecule has 0 saturated carbocycles. The molecule has 2 aliphatic rings. The fraction of sp³-hybridized carbons (Fsp3) is 0.308. The van der Waals surface area contributed by atoms with Gasteiger partial charge >= 0.3 is 12.0 Å². The molecule has 1 atom stereocenters. The van der Waals surface area contributed by atoms with Gasteiger partial charge in [-0.2, -0.15) is 0 Å². The number of nitrogens with zero attached hydrogens (tertiary/aromatic N) is 3. The number of thioether (sulfide) groups is 1. The summed E-state index contributed by atoms with van der Waals surface area (Å²) in [5.74, 6) is 0.551. The molecule has 1 unspecified atom stereocenters. The number of amidine groups is 1. The minimum absolute atomic E-state index is 0.227. The van der Waals surface area contributed by atoms with Crippen LogP contribution in [0.25, 0.3) is 0 Å². The number of aromatic nitrogens is 1. The van der Waals surface area contributed by atoms with Gasteiger partial charge in [0.05, 0.1) is 18.8 Å². The summed E-state index contributed by atoms with van der Waals surface area (Å²) in [5.41, 5.74) is 0.690. The number of rotatable bonds is 5. The summed E-state index contributed by atoms with van der Waals surface area (Å²) in [6.45, 7) is 8.32. The van der Waals surface area contributed by atoms with Crippen molar-refractivity contribution in [1.82, 2.24) is 5.16 Å². The van der Waals surface area contributed by atoms with Crippen molar-refractivity contribution in [2.24, 2.45) is 4.99 Å². The highest BCUT2D eigenvalue weighted by atomic mass is 32.2. The molecule has 36 heavy (non-hydrogen) atoms. The quantitative estimate of drug-likeness (QED) is 0.450. The van der Waals surface area contributed by atoms with Crippen LogP contribution in [0.2, 0.25) is 0 Å². The van der Waals surface area contributed by atoms with Crippen LogP contribution in [0.5, 0.6) is 0 Å². The van der Waals surface area contributed by atoms with E-state index in [4.69, 9.17) is 14.3 Å². The molecule has 2 N–H and O–H groups in total. The number of para-hydroxylation sites is 1. The number of aliphatic imine (C=N–C) groups is 1. The van der Waals surface area contributed by atoms with Gasteiger partial charge in [-0.1, -0.05) is 50.2 Å². The molecule has 0 fully saturated rings. The van der Waals surface area contributed by atoms with Crippen molar-refractivity contribution in [2.75, 3.05) is 28.7 Å². The molecule has 5 rings (SSSR count). The van der Waals surface area contributed by atoms with Gasteiger partial charge in [0.2, 0.25) is 5.54 Å². The second-order valence-corrected chi connectivity index (χ2v) is 10.6. The second-order valence-electron chi connectivity index (χ2n) is 9.62. The predicted molar refractivity (Wildman–Crippen MR) is 140 cm³/mol. The van der Waals surface area contributed by atoms with Crippen molar-refractivity contribution >= 4 is 46.1 Å². The maximum absolute atomic E-state index is 13.3. The molecular weight excluding hydrogens is 478 g/mol. The first-order chi connectivity index (χ1) is 17.2. The zero-order valence-corrected chi connectivity index (χ0v) is 21.3. The van der Waals surface area contributed by atoms with E-state index in [0.717, 1.165) is 15.8 Å². The zero-order valence-electron chi connectivity index (χ0n) is 20.5. The summed E-state index contributed by atoms with van der Waals surface area (Å²) in [5, 5.41) is 10.2. The Balaban J connectivity index is 1.39. The smallest absolute Gasteiger partial charge is 0.340 e. The summed E-state index contributed by atoms with van der Waals surface area (Å²) in [6.07, 6.45) is 0. The van der Waals surface area contributed by atoms with Crippen molar-refractivity contribution in [3.63, 3.8) is 0 Å². The fourth-order valence-corrected chi connectivity index (χ4v) is 5.24. The number of hydrogen-bond acceptors (Lipinski definition) is 8. The number of carbonyl (C=O) groups excluding carboxylic acids is 2. The summed E-state index contributed by atoms with van der Waals surface area (Å²) in [7, 11) is 0. The van der Waals surface area contributed by atoms with Crippen LogP contribution in [0.4, 0.5) is 22.0 Å². The number of amides is 2. The number of carbonyl (C=O) groups is 2. The van der Waals surface area contributed by atoms with Crippen molar-refractivity contribution in [3.05, 3.63) is 65.9 Å². The maximum Gasteiger partial charge on any atom is 0.340 e. The van der Waals surface area contributed by atoms with Crippen LogP contribution in [0, 0.1) is 0 Å².